The summed E-state index contributed by atoms with van der Waals surface area (Å²) in [7, 11) is 1.84. The number of hydrogen-bond acceptors (Lipinski definition) is 7. The van der Waals surface area contributed by atoms with Gasteiger partial charge in [0.1, 0.15) is 6.17 Å². The predicted molar refractivity (Wildman–Crippen MR) is 131 cm³/mol. The predicted octanol–water partition coefficient (Wildman–Crippen LogP) is 2.46. The number of amides is 2. The Morgan fingerprint density at radius 3 is 2.67 bits per heavy atom. The molecule has 2 N–H and O–H groups in total. The van der Waals surface area contributed by atoms with Crippen molar-refractivity contribution in [3.8, 4) is 11.1 Å². The van der Waals surface area contributed by atoms with E-state index in [0.717, 1.165) is 11.1 Å². The van der Waals surface area contributed by atoms with Gasteiger partial charge in [0.2, 0.25) is 11.7 Å². The number of carbonyl (C=O) groups is 2. The van der Waals surface area contributed by atoms with E-state index in [4.69, 9.17) is 0 Å². The van der Waals surface area contributed by atoms with Crippen molar-refractivity contribution in [2.45, 2.75) is 25.9 Å². The molecule has 12 heteroatoms. The molecule has 5 heterocycles. The molecule has 1 aliphatic rings. The number of nitrogens with zero attached hydrogens (tertiary/aromatic N) is 7. The molecule has 186 valence electrons. The number of aryl methyl sites for hydroxylation is 2. The highest BCUT2D eigenvalue weighted by molar-refractivity contribution is 6.03. The van der Waals surface area contributed by atoms with Crippen molar-refractivity contribution in [3.05, 3.63) is 54.5 Å². The molecule has 0 spiro atoms. The standard InChI is InChI=1S/C24H26FN9O2/c1-15-20(10-19(12-26-15)28-22(35)14-33-6-4-18(25)5-7-33)29-24(36)23-31-30-21-9-16(3-8-34(21)23)17-11-27-32(2)13-17/h3,8-13,18H,4-7,14H2,1-2H3,(H,28,35)(H,29,36). The molecule has 2 amide bonds. The van der Waals surface area contributed by atoms with Gasteiger partial charge in [0.25, 0.3) is 5.91 Å². The van der Waals surface area contributed by atoms with Crippen LogP contribution in [-0.4, -0.2) is 71.9 Å². The third-order valence-electron chi connectivity index (χ3n) is 6.15. The van der Waals surface area contributed by atoms with Gasteiger partial charge in [-0.1, -0.05) is 0 Å². The first-order chi connectivity index (χ1) is 17.4. The van der Waals surface area contributed by atoms with Crippen LogP contribution in [-0.2, 0) is 11.8 Å². The third kappa shape index (κ3) is 5.08. The lowest BCUT2D eigenvalue weighted by Gasteiger charge is -2.27. The van der Waals surface area contributed by atoms with E-state index in [1.165, 1.54) is 6.20 Å². The Bertz CT molecular complexity index is 1420. The van der Waals surface area contributed by atoms with Crippen LogP contribution in [0.2, 0.25) is 0 Å². The maximum absolute atomic E-state index is 13.3. The lowest BCUT2D eigenvalue weighted by atomic mass is 10.1. The summed E-state index contributed by atoms with van der Waals surface area (Å²) in [5.74, 6) is -0.560. The van der Waals surface area contributed by atoms with Crippen molar-refractivity contribution in [3.63, 3.8) is 0 Å². The van der Waals surface area contributed by atoms with E-state index in [9.17, 15) is 14.0 Å². The number of anilines is 2. The Balaban J connectivity index is 1.27. The van der Waals surface area contributed by atoms with Crippen molar-refractivity contribution in [2.75, 3.05) is 30.3 Å². The first-order valence-electron chi connectivity index (χ1n) is 11.6. The quantitative estimate of drug-likeness (QED) is 0.425. The summed E-state index contributed by atoms with van der Waals surface area (Å²) in [5.41, 5.74) is 3.84. The number of fused-ring (bicyclic) bond motifs is 1. The molecule has 0 unspecified atom stereocenters. The number of aromatic nitrogens is 6. The van der Waals surface area contributed by atoms with Gasteiger partial charge in [0.05, 0.1) is 36.0 Å². The van der Waals surface area contributed by atoms with Crippen LogP contribution < -0.4 is 10.6 Å². The molecule has 4 aromatic rings. The van der Waals surface area contributed by atoms with Crippen LogP contribution in [0.3, 0.4) is 0 Å². The second-order valence-corrected chi connectivity index (χ2v) is 8.88. The zero-order chi connectivity index (χ0) is 25.2. The Morgan fingerprint density at radius 2 is 1.92 bits per heavy atom. The first kappa shape index (κ1) is 23.5. The average Bonchev–Trinajstić information content (AvgIpc) is 3.48. The van der Waals surface area contributed by atoms with E-state index in [2.05, 4.69) is 30.9 Å². The number of hydrogen-bond donors (Lipinski definition) is 2. The Kier molecular flexibility index (Phi) is 6.42. The average molecular weight is 492 g/mol. The van der Waals surface area contributed by atoms with Crippen molar-refractivity contribution < 1.29 is 14.0 Å². The molecule has 36 heavy (non-hydrogen) atoms. The molecule has 0 aliphatic carbocycles. The van der Waals surface area contributed by atoms with E-state index >= 15 is 0 Å². The number of rotatable bonds is 6. The Hall–Kier alpha value is -4.19. The molecule has 11 nitrogen and oxygen atoms in total. The minimum Gasteiger partial charge on any atom is -0.324 e. The topological polar surface area (TPSA) is 122 Å². The zero-order valence-corrected chi connectivity index (χ0v) is 20.0. The molecule has 0 bridgehead atoms. The molecule has 0 aromatic carbocycles. The van der Waals surface area contributed by atoms with Gasteiger partial charge in [-0.2, -0.15) is 5.10 Å². The van der Waals surface area contributed by atoms with Gasteiger partial charge in [0, 0.05) is 38.1 Å². The van der Waals surface area contributed by atoms with Crippen LogP contribution in [0.25, 0.3) is 16.8 Å². The van der Waals surface area contributed by atoms with Gasteiger partial charge in [0.15, 0.2) is 5.65 Å². The molecular weight excluding hydrogens is 465 g/mol. The summed E-state index contributed by atoms with van der Waals surface area (Å²) in [5, 5.41) is 18.0. The lowest BCUT2D eigenvalue weighted by Crippen LogP contribution is -2.39. The minimum absolute atomic E-state index is 0.118. The molecule has 0 saturated carbocycles. The van der Waals surface area contributed by atoms with E-state index < -0.39 is 12.1 Å². The van der Waals surface area contributed by atoms with E-state index in [1.54, 1.807) is 34.5 Å². The SMILES string of the molecule is Cc1ncc(NC(=O)CN2CCC(F)CC2)cc1NC(=O)c1nnc2cc(-c3cnn(C)c3)ccn12. The highest BCUT2D eigenvalue weighted by Crippen LogP contribution is 2.22. The summed E-state index contributed by atoms with van der Waals surface area (Å²) in [6, 6.07) is 5.35. The smallest absolute Gasteiger partial charge is 0.294 e. The fourth-order valence-corrected chi connectivity index (χ4v) is 4.16. The molecule has 0 radical (unpaired) electrons. The fourth-order valence-electron chi connectivity index (χ4n) is 4.16. The van der Waals surface area contributed by atoms with Crippen LogP contribution in [0.1, 0.15) is 29.2 Å². The molecular formula is C24H26FN9O2. The highest BCUT2D eigenvalue weighted by Gasteiger charge is 2.21. The number of halogens is 1. The van der Waals surface area contributed by atoms with Crippen LogP contribution in [0, 0.1) is 6.92 Å². The summed E-state index contributed by atoms with van der Waals surface area (Å²) < 4.78 is 16.6. The monoisotopic (exact) mass is 491 g/mol. The molecule has 5 rings (SSSR count). The van der Waals surface area contributed by atoms with Gasteiger partial charge < -0.3 is 10.6 Å². The maximum Gasteiger partial charge on any atom is 0.294 e. The minimum atomic E-state index is -0.789. The summed E-state index contributed by atoms with van der Waals surface area (Å²) in [6.45, 7) is 3.04. The van der Waals surface area contributed by atoms with Gasteiger partial charge in [-0.3, -0.25) is 28.6 Å². The Labute approximate surface area is 206 Å². The maximum atomic E-state index is 13.3. The molecule has 4 aromatic heterocycles. The van der Waals surface area contributed by atoms with Crippen molar-refractivity contribution >= 4 is 28.8 Å². The second-order valence-electron chi connectivity index (χ2n) is 8.88. The van der Waals surface area contributed by atoms with E-state index in [-0.39, 0.29) is 18.3 Å². The fraction of sp³-hybridized carbons (Fsp3) is 0.333. The number of piperidine rings is 1. The van der Waals surface area contributed by atoms with Gasteiger partial charge in [-0.25, -0.2) is 4.39 Å². The van der Waals surface area contributed by atoms with Crippen LogP contribution >= 0.6 is 0 Å². The van der Waals surface area contributed by atoms with Crippen molar-refractivity contribution in [1.82, 2.24) is 34.3 Å². The number of pyridine rings is 2. The van der Waals surface area contributed by atoms with Gasteiger partial charge in [-0.15, -0.1) is 10.2 Å². The normalized spacial score (nSPS) is 14.8. The number of carbonyl (C=O) groups excluding carboxylic acids is 2. The van der Waals surface area contributed by atoms with E-state index in [1.807, 2.05) is 30.3 Å². The second kappa shape index (κ2) is 9.82. The molecule has 1 aliphatic heterocycles. The lowest BCUT2D eigenvalue weighted by molar-refractivity contribution is -0.117. The Morgan fingerprint density at radius 1 is 1.11 bits per heavy atom. The molecule has 1 fully saturated rings. The first-order valence-corrected chi connectivity index (χ1v) is 11.6. The van der Waals surface area contributed by atoms with Gasteiger partial charge >= 0.3 is 0 Å². The van der Waals surface area contributed by atoms with Crippen LogP contribution in [0.4, 0.5) is 15.8 Å². The number of likely N-dealkylation sites (tertiary alicyclic amines) is 1. The third-order valence-corrected chi connectivity index (χ3v) is 6.15. The summed E-state index contributed by atoms with van der Waals surface area (Å²) in [4.78, 5) is 31.7. The number of nitrogens with one attached hydrogen (secondary N) is 2. The summed E-state index contributed by atoms with van der Waals surface area (Å²) in [6.07, 6.45) is 7.01. The van der Waals surface area contributed by atoms with E-state index in [0.29, 0.717) is 48.6 Å². The molecule has 1 saturated heterocycles. The largest absolute Gasteiger partial charge is 0.324 e. The van der Waals surface area contributed by atoms with Crippen molar-refractivity contribution in [1.29, 1.82) is 0 Å². The zero-order valence-electron chi connectivity index (χ0n) is 20.0. The van der Waals surface area contributed by atoms with Crippen LogP contribution in [0.5, 0.6) is 0 Å². The number of alkyl halides is 1. The van der Waals surface area contributed by atoms with Gasteiger partial charge in [-0.05, 0) is 43.5 Å². The van der Waals surface area contributed by atoms with Crippen LogP contribution in [0.15, 0.2) is 43.0 Å². The van der Waals surface area contributed by atoms with Crippen molar-refractivity contribution in [2.24, 2.45) is 7.05 Å². The summed E-state index contributed by atoms with van der Waals surface area (Å²) >= 11 is 0. The highest BCUT2D eigenvalue weighted by atomic mass is 19.1. The molecule has 0 atom stereocenters.